The number of carbonyl (C=O) groups excluding carboxylic acids is 3. The van der Waals surface area contributed by atoms with E-state index in [9.17, 15) is 14.4 Å². The van der Waals surface area contributed by atoms with Crippen molar-refractivity contribution in [2.45, 2.75) is 12.5 Å². The van der Waals surface area contributed by atoms with Crippen LogP contribution >= 0.6 is 11.6 Å². The normalized spacial score (nSPS) is 11.3. The minimum Gasteiger partial charge on any atom is -0.497 e. The van der Waals surface area contributed by atoms with Gasteiger partial charge in [-0.3, -0.25) is 9.59 Å². The van der Waals surface area contributed by atoms with E-state index in [-0.39, 0.29) is 24.8 Å². The monoisotopic (exact) mass is 418 g/mol. The fourth-order valence-corrected chi connectivity index (χ4v) is 2.75. The maximum absolute atomic E-state index is 12.6. The number of rotatable bonds is 8. The summed E-state index contributed by atoms with van der Waals surface area (Å²) in [7, 11) is 3.07. The van der Waals surface area contributed by atoms with Crippen LogP contribution < -0.4 is 21.1 Å². The number of carbonyl (C=O) groups is 3. The van der Waals surface area contributed by atoms with Gasteiger partial charge in [-0.2, -0.15) is 0 Å². The molecule has 1 atom stereocenters. The summed E-state index contributed by atoms with van der Waals surface area (Å²) in [6.07, 6.45) is -0.0586. The van der Waals surface area contributed by atoms with Crippen molar-refractivity contribution in [3.8, 4) is 5.75 Å². The molecule has 0 aliphatic heterocycles. The van der Waals surface area contributed by atoms with Crippen molar-refractivity contribution < 1.29 is 19.1 Å². The van der Waals surface area contributed by atoms with E-state index in [2.05, 4.69) is 10.6 Å². The number of primary amides is 1. The number of urea groups is 1. The van der Waals surface area contributed by atoms with Gasteiger partial charge in [-0.25, -0.2) is 4.79 Å². The first-order chi connectivity index (χ1) is 13.8. The third-order valence-corrected chi connectivity index (χ3v) is 4.40. The first kappa shape index (κ1) is 22.0. The third-order valence-electron chi connectivity index (χ3n) is 4.15. The lowest BCUT2D eigenvalue weighted by Gasteiger charge is -2.22. The molecule has 0 heterocycles. The highest BCUT2D eigenvalue weighted by Crippen LogP contribution is 2.20. The summed E-state index contributed by atoms with van der Waals surface area (Å²) < 4.78 is 5.07. The van der Waals surface area contributed by atoms with Crippen molar-refractivity contribution in [2.75, 3.05) is 26.0 Å². The molecule has 0 radical (unpaired) electrons. The molecule has 0 bridgehead atoms. The van der Waals surface area contributed by atoms with Crippen molar-refractivity contribution in [2.24, 2.45) is 5.73 Å². The van der Waals surface area contributed by atoms with Crippen molar-refractivity contribution in [1.82, 2.24) is 10.2 Å². The third kappa shape index (κ3) is 7.00. The van der Waals surface area contributed by atoms with Crippen molar-refractivity contribution in [3.63, 3.8) is 0 Å². The SMILES string of the molecule is COc1ccc(NC(=O)CN(C)C(=O)C[C@H](NC(N)=O)c2ccc(Cl)cc2)cc1. The molecule has 0 unspecified atom stereocenters. The molecule has 0 saturated heterocycles. The van der Waals surface area contributed by atoms with Gasteiger partial charge in [-0.1, -0.05) is 23.7 Å². The first-order valence-electron chi connectivity index (χ1n) is 8.77. The van der Waals surface area contributed by atoms with Gasteiger partial charge in [0.2, 0.25) is 11.8 Å². The molecule has 154 valence electrons. The summed E-state index contributed by atoms with van der Waals surface area (Å²) >= 11 is 5.88. The highest BCUT2D eigenvalue weighted by molar-refractivity contribution is 6.30. The van der Waals surface area contributed by atoms with Crippen LogP contribution in [0.2, 0.25) is 5.02 Å². The molecule has 2 aromatic carbocycles. The van der Waals surface area contributed by atoms with Crippen LogP contribution in [0.1, 0.15) is 18.0 Å². The summed E-state index contributed by atoms with van der Waals surface area (Å²) in [4.78, 5) is 37.4. The Kier molecular flexibility index (Phi) is 7.85. The van der Waals surface area contributed by atoms with Gasteiger partial charge in [-0.15, -0.1) is 0 Å². The summed E-state index contributed by atoms with van der Waals surface area (Å²) in [5, 5.41) is 5.78. The van der Waals surface area contributed by atoms with Gasteiger partial charge in [0.1, 0.15) is 5.75 Å². The molecular formula is C20H23ClN4O4. The number of amides is 4. The lowest BCUT2D eigenvalue weighted by molar-refractivity contribution is -0.133. The Morgan fingerprint density at radius 3 is 2.28 bits per heavy atom. The largest absolute Gasteiger partial charge is 0.497 e. The smallest absolute Gasteiger partial charge is 0.312 e. The zero-order valence-corrected chi connectivity index (χ0v) is 16.9. The average Bonchev–Trinajstić information content (AvgIpc) is 2.68. The fraction of sp³-hybridized carbons (Fsp3) is 0.250. The molecular weight excluding hydrogens is 396 g/mol. The predicted octanol–water partition coefficient (Wildman–Crippen LogP) is 2.55. The second-order valence-electron chi connectivity index (χ2n) is 6.34. The number of nitrogens with two attached hydrogens (primary N) is 1. The Balaban J connectivity index is 1.96. The molecule has 8 nitrogen and oxygen atoms in total. The molecule has 9 heteroatoms. The molecule has 0 fully saturated rings. The highest BCUT2D eigenvalue weighted by atomic mass is 35.5. The second-order valence-corrected chi connectivity index (χ2v) is 6.78. The number of nitrogens with one attached hydrogen (secondary N) is 2. The van der Waals surface area contributed by atoms with E-state index >= 15 is 0 Å². The molecule has 2 rings (SSSR count). The van der Waals surface area contributed by atoms with E-state index < -0.39 is 12.1 Å². The number of methoxy groups -OCH3 is 1. The minimum absolute atomic E-state index is 0.0586. The van der Waals surface area contributed by atoms with Crippen LogP contribution in [0, 0.1) is 0 Å². The Bertz CT molecular complexity index is 856. The van der Waals surface area contributed by atoms with Crippen LogP contribution in [0.25, 0.3) is 0 Å². The summed E-state index contributed by atoms with van der Waals surface area (Å²) in [5.74, 6) is -0.00834. The highest BCUT2D eigenvalue weighted by Gasteiger charge is 2.21. The number of hydrogen-bond acceptors (Lipinski definition) is 4. The van der Waals surface area contributed by atoms with Gasteiger partial charge in [0.05, 0.1) is 26.1 Å². The van der Waals surface area contributed by atoms with Crippen LogP contribution in [0.15, 0.2) is 48.5 Å². The van der Waals surface area contributed by atoms with Crippen LogP contribution in [-0.4, -0.2) is 43.4 Å². The summed E-state index contributed by atoms with van der Waals surface area (Å²) in [5.41, 5.74) is 6.49. The summed E-state index contributed by atoms with van der Waals surface area (Å²) in [6.45, 7) is -0.144. The predicted molar refractivity (Wildman–Crippen MR) is 111 cm³/mol. The van der Waals surface area contributed by atoms with E-state index in [1.54, 1.807) is 55.6 Å². The molecule has 0 aromatic heterocycles. The van der Waals surface area contributed by atoms with Crippen molar-refractivity contribution in [1.29, 1.82) is 0 Å². The van der Waals surface area contributed by atoms with Crippen LogP contribution in [-0.2, 0) is 9.59 Å². The lowest BCUT2D eigenvalue weighted by atomic mass is 10.0. The molecule has 4 amide bonds. The standard InChI is InChI=1S/C20H23ClN4O4/c1-25(12-18(26)23-15-7-9-16(29-2)10-8-15)19(27)11-17(24-20(22)28)13-3-5-14(21)6-4-13/h3-10,17H,11-12H2,1-2H3,(H,23,26)(H3,22,24,28)/t17-/m0/s1. The zero-order valence-electron chi connectivity index (χ0n) is 16.1. The van der Waals surface area contributed by atoms with Gasteiger partial charge in [0.25, 0.3) is 0 Å². The number of halogens is 1. The van der Waals surface area contributed by atoms with E-state index in [0.717, 1.165) is 0 Å². The van der Waals surface area contributed by atoms with Gasteiger partial charge in [0, 0.05) is 17.8 Å². The number of nitrogens with zero attached hydrogens (tertiary/aromatic N) is 1. The Labute approximate surface area is 174 Å². The van der Waals surface area contributed by atoms with Crippen molar-refractivity contribution >= 4 is 35.1 Å². The Morgan fingerprint density at radius 2 is 1.72 bits per heavy atom. The van der Waals surface area contributed by atoms with E-state index in [1.807, 2.05) is 0 Å². The molecule has 0 aliphatic rings. The number of anilines is 1. The number of benzene rings is 2. The molecule has 4 N–H and O–H groups in total. The van der Waals surface area contributed by atoms with Crippen LogP contribution in [0.4, 0.5) is 10.5 Å². The first-order valence-corrected chi connectivity index (χ1v) is 9.15. The van der Waals surface area contributed by atoms with E-state index in [4.69, 9.17) is 22.1 Å². The average molecular weight is 419 g/mol. The van der Waals surface area contributed by atoms with Gasteiger partial charge >= 0.3 is 6.03 Å². The Hall–Kier alpha value is -3.26. The topological polar surface area (TPSA) is 114 Å². The second kappa shape index (κ2) is 10.3. The van der Waals surface area contributed by atoms with Crippen LogP contribution in [0.5, 0.6) is 5.75 Å². The van der Waals surface area contributed by atoms with Crippen LogP contribution in [0.3, 0.4) is 0 Å². The molecule has 0 saturated carbocycles. The van der Waals surface area contributed by atoms with E-state index in [1.165, 1.54) is 11.9 Å². The zero-order chi connectivity index (χ0) is 21.4. The summed E-state index contributed by atoms with van der Waals surface area (Å²) in [6, 6.07) is 12.2. The van der Waals surface area contributed by atoms with Gasteiger partial charge in [0.15, 0.2) is 0 Å². The molecule has 0 spiro atoms. The number of likely N-dealkylation sites (N-methyl/N-ethyl adjacent to an activating group) is 1. The number of ether oxygens (including phenoxy) is 1. The molecule has 0 aliphatic carbocycles. The molecule has 2 aromatic rings. The van der Waals surface area contributed by atoms with E-state index in [0.29, 0.717) is 22.0 Å². The fourth-order valence-electron chi connectivity index (χ4n) is 2.63. The minimum atomic E-state index is -0.752. The maximum Gasteiger partial charge on any atom is 0.312 e. The Morgan fingerprint density at radius 1 is 1.10 bits per heavy atom. The maximum atomic E-state index is 12.6. The van der Waals surface area contributed by atoms with Crippen molar-refractivity contribution in [3.05, 3.63) is 59.1 Å². The quantitative estimate of drug-likeness (QED) is 0.611. The van der Waals surface area contributed by atoms with Gasteiger partial charge in [-0.05, 0) is 42.0 Å². The number of hydrogen-bond donors (Lipinski definition) is 3. The molecule has 29 heavy (non-hydrogen) atoms. The lowest BCUT2D eigenvalue weighted by Crippen LogP contribution is -2.39. The van der Waals surface area contributed by atoms with Gasteiger partial charge < -0.3 is 26.0 Å².